The molecule has 0 bridgehead atoms. The van der Waals surface area contributed by atoms with Gasteiger partial charge < -0.3 is 0 Å². The summed E-state index contributed by atoms with van der Waals surface area (Å²) in [4.78, 5) is -0.207. The van der Waals surface area contributed by atoms with E-state index in [0.717, 1.165) is 0 Å². The lowest BCUT2D eigenvalue weighted by molar-refractivity contribution is 0.600. The Morgan fingerprint density at radius 3 is 2.00 bits per heavy atom. The van der Waals surface area contributed by atoms with Gasteiger partial charge >= 0.3 is 0 Å². The van der Waals surface area contributed by atoms with Crippen LogP contribution in [0.1, 0.15) is 0 Å². The molecule has 60 valence electrons. The predicted octanol–water partition coefficient (Wildman–Crippen LogP) is 1.35. The zero-order valence-corrected chi connectivity index (χ0v) is 8.71. The third kappa shape index (κ3) is 1.44. The molecule has 0 N–H and O–H groups in total. The summed E-state index contributed by atoms with van der Waals surface area (Å²) in [6.07, 6.45) is 0. The molecule has 0 aromatic carbocycles. The Labute approximate surface area is 77.9 Å². The maximum Gasteiger partial charge on any atom is 0.169 e. The van der Waals surface area contributed by atoms with Gasteiger partial charge in [-0.05, 0) is 0 Å². The van der Waals surface area contributed by atoms with Crippen LogP contribution < -0.4 is 0 Å². The van der Waals surface area contributed by atoms with Crippen molar-refractivity contribution in [3.05, 3.63) is 0 Å². The van der Waals surface area contributed by atoms with Crippen molar-refractivity contribution in [1.29, 1.82) is 0 Å². The normalized spacial score (nSPS) is 45.7. The highest BCUT2D eigenvalue weighted by Gasteiger charge is 2.43. The Morgan fingerprint density at radius 1 is 1.40 bits per heavy atom. The molecule has 0 aromatic rings. The zero-order valence-electron chi connectivity index (χ0n) is 4.80. The summed E-state index contributed by atoms with van der Waals surface area (Å²) >= 11 is 14.3. The van der Waals surface area contributed by atoms with E-state index in [1.807, 2.05) is 0 Å². The molecule has 0 amide bonds. The lowest BCUT2D eigenvalue weighted by atomic mass is 10.4. The molecule has 0 aliphatic carbocycles. The van der Waals surface area contributed by atoms with E-state index in [-0.39, 0.29) is 10.6 Å². The monoisotopic (exact) mass is 266 g/mol. The molecule has 0 saturated carbocycles. The molecule has 1 aliphatic heterocycles. The summed E-state index contributed by atoms with van der Waals surface area (Å²) in [6, 6.07) is 0. The first-order valence-electron chi connectivity index (χ1n) is 2.59. The Hall–Kier alpha value is 1.01. The molecule has 1 fully saturated rings. The van der Waals surface area contributed by atoms with Crippen molar-refractivity contribution >= 4 is 49.0 Å². The smallest absolute Gasteiger partial charge is 0.169 e. The SMILES string of the molecule is O=S1(=O)CC(Br)C(Cl)C1Cl. The molecule has 3 atom stereocenters. The van der Waals surface area contributed by atoms with E-state index < -0.39 is 19.9 Å². The number of halogens is 3. The molecule has 6 heteroatoms. The van der Waals surface area contributed by atoms with Crippen LogP contribution in [-0.4, -0.2) is 29.1 Å². The summed E-state index contributed by atoms with van der Waals surface area (Å²) in [5.41, 5.74) is 0. The summed E-state index contributed by atoms with van der Waals surface area (Å²) < 4.78 is 20.9. The second-order valence-electron chi connectivity index (χ2n) is 2.14. The van der Waals surface area contributed by atoms with E-state index in [0.29, 0.717) is 0 Å². The van der Waals surface area contributed by atoms with Crippen molar-refractivity contribution < 1.29 is 8.42 Å². The summed E-state index contributed by atoms with van der Waals surface area (Å²) in [5.74, 6) is 0.0370. The molecule has 1 aliphatic rings. The van der Waals surface area contributed by atoms with Crippen molar-refractivity contribution in [3.8, 4) is 0 Å². The van der Waals surface area contributed by atoms with Gasteiger partial charge in [0.05, 0.1) is 11.1 Å². The number of sulfone groups is 1. The number of alkyl halides is 3. The maximum absolute atomic E-state index is 10.9. The minimum Gasteiger partial charge on any atom is -0.227 e. The van der Waals surface area contributed by atoms with Crippen molar-refractivity contribution in [2.24, 2.45) is 0 Å². The Morgan fingerprint density at radius 2 is 1.90 bits per heavy atom. The first-order valence-corrected chi connectivity index (χ1v) is 6.09. The van der Waals surface area contributed by atoms with Gasteiger partial charge in [-0.25, -0.2) is 8.42 Å². The van der Waals surface area contributed by atoms with Gasteiger partial charge in [-0.3, -0.25) is 0 Å². The van der Waals surface area contributed by atoms with E-state index >= 15 is 0 Å². The standard InChI is InChI=1S/C4H5BrCl2O2S/c5-2-1-10(8,9)4(7)3(2)6/h2-4H,1H2. The van der Waals surface area contributed by atoms with Crippen LogP contribution in [0.2, 0.25) is 0 Å². The molecule has 0 aromatic heterocycles. The van der Waals surface area contributed by atoms with Crippen LogP contribution in [-0.2, 0) is 9.84 Å². The first-order chi connectivity index (χ1) is 4.45. The van der Waals surface area contributed by atoms with Crippen molar-refractivity contribution in [3.63, 3.8) is 0 Å². The number of hydrogen-bond donors (Lipinski definition) is 0. The van der Waals surface area contributed by atoms with Crippen LogP contribution in [0.4, 0.5) is 0 Å². The fraction of sp³-hybridized carbons (Fsp3) is 1.00. The van der Waals surface area contributed by atoms with Gasteiger partial charge in [-0.2, -0.15) is 0 Å². The van der Waals surface area contributed by atoms with Crippen LogP contribution in [0.5, 0.6) is 0 Å². The zero-order chi connectivity index (χ0) is 7.94. The van der Waals surface area contributed by atoms with Gasteiger partial charge in [0.1, 0.15) is 0 Å². The van der Waals surface area contributed by atoms with Crippen molar-refractivity contribution in [1.82, 2.24) is 0 Å². The van der Waals surface area contributed by atoms with Crippen LogP contribution >= 0.6 is 39.1 Å². The number of hydrogen-bond acceptors (Lipinski definition) is 2. The lowest BCUT2D eigenvalue weighted by Crippen LogP contribution is -2.17. The summed E-state index contributed by atoms with van der Waals surface area (Å²) in [5, 5.41) is -0.508. The summed E-state index contributed by atoms with van der Waals surface area (Å²) in [6.45, 7) is 0. The van der Waals surface area contributed by atoms with E-state index in [9.17, 15) is 8.42 Å². The molecule has 1 saturated heterocycles. The van der Waals surface area contributed by atoms with E-state index in [4.69, 9.17) is 23.2 Å². The van der Waals surface area contributed by atoms with Crippen LogP contribution in [0.15, 0.2) is 0 Å². The molecule has 1 rings (SSSR count). The molecule has 0 radical (unpaired) electrons. The highest BCUT2D eigenvalue weighted by atomic mass is 79.9. The van der Waals surface area contributed by atoms with Gasteiger partial charge in [-0.1, -0.05) is 15.9 Å². The lowest BCUT2D eigenvalue weighted by Gasteiger charge is -2.03. The predicted molar refractivity (Wildman–Crippen MR) is 45.8 cm³/mol. The van der Waals surface area contributed by atoms with E-state index in [1.165, 1.54) is 0 Å². The molecular weight excluding hydrogens is 263 g/mol. The Balaban J connectivity index is 2.93. The topological polar surface area (TPSA) is 34.1 Å². The largest absolute Gasteiger partial charge is 0.227 e. The second kappa shape index (κ2) is 2.81. The fourth-order valence-electron chi connectivity index (χ4n) is 0.768. The van der Waals surface area contributed by atoms with E-state index in [1.54, 1.807) is 0 Å². The van der Waals surface area contributed by atoms with Crippen LogP contribution in [0.3, 0.4) is 0 Å². The quantitative estimate of drug-likeness (QED) is 0.621. The molecule has 10 heavy (non-hydrogen) atoms. The van der Waals surface area contributed by atoms with Gasteiger partial charge in [0.25, 0.3) is 0 Å². The summed E-state index contributed by atoms with van der Waals surface area (Å²) in [7, 11) is -3.14. The fourth-order valence-corrected chi connectivity index (χ4v) is 5.04. The van der Waals surface area contributed by atoms with Crippen LogP contribution in [0.25, 0.3) is 0 Å². The van der Waals surface area contributed by atoms with Gasteiger partial charge in [0, 0.05) is 4.83 Å². The molecule has 3 unspecified atom stereocenters. The van der Waals surface area contributed by atoms with E-state index in [2.05, 4.69) is 15.9 Å². The Bertz CT molecular complexity index is 227. The van der Waals surface area contributed by atoms with Crippen molar-refractivity contribution in [2.75, 3.05) is 5.75 Å². The molecule has 0 spiro atoms. The van der Waals surface area contributed by atoms with Gasteiger partial charge in [0.2, 0.25) is 0 Å². The molecule has 1 heterocycles. The molecular formula is C4H5BrCl2O2S. The highest BCUT2D eigenvalue weighted by molar-refractivity contribution is 9.09. The second-order valence-corrected chi connectivity index (χ2v) is 6.72. The Kier molecular flexibility index (Phi) is 2.56. The van der Waals surface area contributed by atoms with Gasteiger partial charge in [-0.15, -0.1) is 23.2 Å². The van der Waals surface area contributed by atoms with Crippen LogP contribution in [0, 0.1) is 0 Å². The maximum atomic E-state index is 10.9. The van der Waals surface area contributed by atoms with Gasteiger partial charge in [0.15, 0.2) is 14.5 Å². The average Bonchev–Trinajstić information content (AvgIpc) is 1.95. The highest BCUT2D eigenvalue weighted by Crippen LogP contribution is 2.32. The minimum absolute atomic E-state index is 0.0370. The third-order valence-corrected chi connectivity index (χ3v) is 6.68. The number of rotatable bonds is 0. The molecule has 2 nitrogen and oxygen atoms in total. The minimum atomic E-state index is -3.14. The average molecular weight is 268 g/mol. The third-order valence-electron chi connectivity index (χ3n) is 1.33. The van der Waals surface area contributed by atoms with Crippen molar-refractivity contribution in [2.45, 2.75) is 14.9 Å². The first kappa shape index (κ1) is 9.10.